The Morgan fingerprint density at radius 1 is 1.11 bits per heavy atom. The molecule has 1 aromatic heterocycles. The number of benzene rings is 1. The van der Waals surface area contributed by atoms with Crippen LogP contribution >= 0.6 is 11.6 Å². The van der Waals surface area contributed by atoms with Crippen molar-refractivity contribution in [2.75, 3.05) is 0 Å². The van der Waals surface area contributed by atoms with Gasteiger partial charge in [0.15, 0.2) is 0 Å². The molecule has 2 rings (SSSR count). The maximum atomic E-state index is 6.11. The molecule has 0 unspecified atom stereocenters. The monoisotopic (exact) mass is 261 g/mol. The molecule has 0 aliphatic rings. The minimum Gasteiger partial charge on any atom is -0.252 e. The van der Waals surface area contributed by atoms with E-state index in [-0.39, 0.29) is 5.41 Å². The summed E-state index contributed by atoms with van der Waals surface area (Å²) in [6.07, 6.45) is 0. The fourth-order valence-corrected chi connectivity index (χ4v) is 2.55. The number of hydrogen-bond acceptors (Lipinski definition) is 1. The lowest BCUT2D eigenvalue weighted by Gasteiger charge is -2.20. The molecular formula is C16H20ClN. The quantitative estimate of drug-likeness (QED) is 0.666. The average molecular weight is 262 g/mol. The van der Waals surface area contributed by atoms with E-state index in [4.69, 9.17) is 16.6 Å². The van der Waals surface area contributed by atoms with Gasteiger partial charge in [-0.25, -0.2) is 0 Å². The summed E-state index contributed by atoms with van der Waals surface area (Å²) in [5, 5.41) is 1.21. The van der Waals surface area contributed by atoms with Crippen LogP contribution in [0.1, 0.15) is 43.2 Å². The third kappa shape index (κ3) is 2.37. The van der Waals surface area contributed by atoms with E-state index in [9.17, 15) is 0 Å². The van der Waals surface area contributed by atoms with Gasteiger partial charge in [0.05, 0.1) is 5.52 Å². The smallest absolute Gasteiger partial charge is 0.0714 e. The highest BCUT2D eigenvalue weighted by molar-refractivity contribution is 6.18. The van der Waals surface area contributed by atoms with Gasteiger partial charge in [0, 0.05) is 22.4 Å². The minimum atomic E-state index is 0.0483. The third-order valence-electron chi connectivity index (χ3n) is 3.24. The molecule has 0 bridgehead atoms. The molecule has 0 aliphatic heterocycles. The zero-order valence-corrected chi connectivity index (χ0v) is 12.5. The molecule has 96 valence electrons. The Morgan fingerprint density at radius 2 is 1.78 bits per heavy atom. The van der Waals surface area contributed by atoms with Crippen LogP contribution < -0.4 is 0 Å². The van der Waals surface area contributed by atoms with Crippen LogP contribution in [0, 0.1) is 13.8 Å². The molecule has 0 saturated carbocycles. The van der Waals surface area contributed by atoms with Gasteiger partial charge in [-0.1, -0.05) is 26.8 Å². The fraction of sp³-hybridized carbons (Fsp3) is 0.438. The molecule has 2 heteroatoms. The van der Waals surface area contributed by atoms with Crippen molar-refractivity contribution in [1.82, 2.24) is 4.98 Å². The third-order valence-corrected chi connectivity index (χ3v) is 3.53. The van der Waals surface area contributed by atoms with Crippen molar-refractivity contribution in [3.63, 3.8) is 0 Å². The van der Waals surface area contributed by atoms with Gasteiger partial charge in [0.1, 0.15) is 0 Å². The highest BCUT2D eigenvalue weighted by Crippen LogP contribution is 2.29. The molecule has 2 aromatic rings. The van der Waals surface area contributed by atoms with Crippen LogP contribution in [0.5, 0.6) is 0 Å². The zero-order valence-electron chi connectivity index (χ0n) is 11.8. The Balaban J connectivity index is 2.84. The lowest BCUT2D eigenvalue weighted by Crippen LogP contribution is -2.14. The summed E-state index contributed by atoms with van der Waals surface area (Å²) >= 11 is 6.11. The molecule has 0 N–H and O–H groups in total. The first-order chi connectivity index (χ1) is 8.32. The summed E-state index contributed by atoms with van der Waals surface area (Å²) < 4.78 is 0. The summed E-state index contributed by atoms with van der Waals surface area (Å²) in [6, 6.07) is 6.49. The normalized spacial score (nSPS) is 12.1. The number of hydrogen-bond donors (Lipinski definition) is 0. The molecule has 1 nitrogen and oxygen atoms in total. The van der Waals surface area contributed by atoms with Crippen LogP contribution in [-0.2, 0) is 11.3 Å². The molecule has 1 heterocycles. The molecule has 0 amide bonds. The second kappa shape index (κ2) is 4.55. The summed E-state index contributed by atoms with van der Waals surface area (Å²) in [5.41, 5.74) is 5.91. The molecule has 0 aliphatic carbocycles. The van der Waals surface area contributed by atoms with E-state index >= 15 is 0 Å². The maximum Gasteiger partial charge on any atom is 0.0714 e. The average Bonchev–Trinajstić information content (AvgIpc) is 2.25. The highest BCUT2D eigenvalue weighted by Gasteiger charge is 2.18. The summed E-state index contributed by atoms with van der Waals surface area (Å²) in [7, 11) is 0. The number of alkyl halides is 1. The van der Waals surface area contributed by atoms with Crippen LogP contribution in [0.4, 0.5) is 0 Å². The number of aromatic nitrogens is 1. The molecule has 0 spiro atoms. The Labute approximate surface area is 114 Å². The van der Waals surface area contributed by atoms with Crippen molar-refractivity contribution in [3.8, 4) is 0 Å². The van der Waals surface area contributed by atoms with E-state index in [2.05, 4.69) is 52.8 Å². The number of halogens is 1. The van der Waals surface area contributed by atoms with Crippen molar-refractivity contribution < 1.29 is 0 Å². The standard InChI is InChI=1S/C16H20ClN/c1-10-6-11(2)15-12(9-17)8-14(16(3,4)5)18-13(15)7-10/h6-8H,9H2,1-5H3. The van der Waals surface area contributed by atoms with Crippen molar-refractivity contribution in [3.05, 3.63) is 40.6 Å². The van der Waals surface area contributed by atoms with Crippen molar-refractivity contribution in [1.29, 1.82) is 0 Å². The highest BCUT2D eigenvalue weighted by atomic mass is 35.5. The largest absolute Gasteiger partial charge is 0.252 e. The van der Waals surface area contributed by atoms with Crippen LogP contribution in [0.15, 0.2) is 18.2 Å². The predicted octanol–water partition coefficient (Wildman–Crippen LogP) is 4.89. The molecule has 1 aromatic carbocycles. The Morgan fingerprint density at radius 3 is 2.33 bits per heavy atom. The Kier molecular flexibility index (Phi) is 3.37. The van der Waals surface area contributed by atoms with E-state index in [0.29, 0.717) is 5.88 Å². The number of pyridine rings is 1. The van der Waals surface area contributed by atoms with Crippen LogP contribution in [0.25, 0.3) is 10.9 Å². The van der Waals surface area contributed by atoms with Crippen LogP contribution in [0.3, 0.4) is 0 Å². The molecular weight excluding hydrogens is 242 g/mol. The Bertz CT molecular complexity index is 594. The van der Waals surface area contributed by atoms with Gasteiger partial charge < -0.3 is 0 Å². The lowest BCUT2D eigenvalue weighted by atomic mass is 9.89. The minimum absolute atomic E-state index is 0.0483. The molecule has 0 atom stereocenters. The summed E-state index contributed by atoms with van der Waals surface area (Å²) in [6.45, 7) is 10.8. The van der Waals surface area contributed by atoms with E-state index < -0.39 is 0 Å². The van der Waals surface area contributed by atoms with E-state index in [1.165, 1.54) is 22.1 Å². The van der Waals surface area contributed by atoms with Crippen molar-refractivity contribution in [2.45, 2.75) is 45.9 Å². The number of nitrogens with zero attached hydrogens (tertiary/aromatic N) is 1. The molecule has 0 saturated heterocycles. The SMILES string of the molecule is Cc1cc(C)c2c(CCl)cc(C(C)(C)C)nc2c1. The number of rotatable bonds is 1. The molecule has 0 radical (unpaired) electrons. The maximum absolute atomic E-state index is 6.11. The first-order valence-corrected chi connectivity index (χ1v) is 6.83. The number of fused-ring (bicyclic) bond motifs is 1. The fourth-order valence-electron chi connectivity index (χ4n) is 2.34. The zero-order chi connectivity index (χ0) is 13.5. The predicted molar refractivity (Wildman–Crippen MR) is 79.5 cm³/mol. The van der Waals surface area contributed by atoms with Gasteiger partial charge in [-0.2, -0.15) is 0 Å². The van der Waals surface area contributed by atoms with Gasteiger partial charge in [0.25, 0.3) is 0 Å². The molecule has 18 heavy (non-hydrogen) atoms. The molecule has 0 fully saturated rings. The first-order valence-electron chi connectivity index (χ1n) is 6.30. The second-order valence-corrected chi connectivity index (χ2v) is 6.29. The van der Waals surface area contributed by atoms with Gasteiger partial charge in [0.2, 0.25) is 0 Å². The van der Waals surface area contributed by atoms with E-state index in [1.807, 2.05) is 0 Å². The van der Waals surface area contributed by atoms with Crippen molar-refractivity contribution >= 4 is 22.5 Å². The number of aryl methyl sites for hydroxylation is 2. The van der Waals surface area contributed by atoms with Crippen molar-refractivity contribution in [2.24, 2.45) is 0 Å². The van der Waals surface area contributed by atoms with Gasteiger partial charge in [-0.15, -0.1) is 11.6 Å². The van der Waals surface area contributed by atoms with Crippen LogP contribution in [-0.4, -0.2) is 4.98 Å². The summed E-state index contributed by atoms with van der Waals surface area (Å²) in [4.78, 5) is 4.82. The second-order valence-electron chi connectivity index (χ2n) is 6.03. The first kappa shape index (κ1) is 13.4. The summed E-state index contributed by atoms with van der Waals surface area (Å²) in [5.74, 6) is 0.534. The van der Waals surface area contributed by atoms with E-state index in [0.717, 1.165) is 11.2 Å². The van der Waals surface area contributed by atoms with Gasteiger partial charge in [-0.05, 0) is 42.7 Å². The van der Waals surface area contributed by atoms with E-state index in [1.54, 1.807) is 0 Å². The lowest BCUT2D eigenvalue weighted by molar-refractivity contribution is 0.571. The topological polar surface area (TPSA) is 12.9 Å². The van der Waals surface area contributed by atoms with Gasteiger partial charge >= 0.3 is 0 Å². The van der Waals surface area contributed by atoms with Crippen LogP contribution in [0.2, 0.25) is 0 Å². The van der Waals surface area contributed by atoms with Gasteiger partial charge in [-0.3, -0.25) is 4.98 Å². The Hall–Kier alpha value is -1.08.